The van der Waals surface area contributed by atoms with E-state index < -0.39 is 11.9 Å². The van der Waals surface area contributed by atoms with Crippen LogP contribution in [0.15, 0.2) is 12.1 Å². The summed E-state index contributed by atoms with van der Waals surface area (Å²) in [6.45, 7) is 4.89. The van der Waals surface area contributed by atoms with Gasteiger partial charge in [0.25, 0.3) is 0 Å². The predicted molar refractivity (Wildman–Crippen MR) is 134 cm³/mol. The molecule has 0 aromatic heterocycles. The highest BCUT2D eigenvalue weighted by Gasteiger charge is 2.23. The second kappa shape index (κ2) is 18.2. The normalized spacial score (nSPS) is 10.6. The summed E-state index contributed by atoms with van der Waals surface area (Å²) in [5, 5.41) is 1.98. The minimum Gasteiger partial charge on any atom is -0.493 e. The van der Waals surface area contributed by atoms with Crippen LogP contribution in [-0.2, 0) is 9.47 Å². The molecule has 0 fully saturated rings. The van der Waals surface area contributed by atoms with Crippen LogP contribution in [0.3, 0.4) is 0 Å². The van der Waals surface area contributed by atoms with E-state index in [2.05, 4.69) is 31.9 Å². The van der Waals surface area contributed by atoms with Gasteiger partial charge in [0.2, 0.25) is 0 Å². The van der Waals surface area contributed by atoms with E-state index in [9.17, 15) is 9.59 Å². The molecule has 0 saturated carbocycles. The van der Waals surface area contributed by atoms with Crippen molar-refractivity contribution in [1.29, 1.82) is 0 Å². The van der Waals surface area contributed by atoms with Crippen LogP contribution in [-0.4, -0.2) is 49.0 Å². The van der Waals surface area contributed by atoms with Crippen LogP contribution in [0.25, 0.3) is 0 Å². The van der Waals surface area contributed by atoms with Gasteiger partial charge in [-0.25, -0.2) is 9.59 Å². The van der Waals surface area contributed by atoms with Crippen LogP contribution in [0.4, 0.5) is 0 Å². The van der Waals surface area contributed by atoms with Gasteiger partial charge in [-0.05, 0) is 51.7 Å². The number of hydrogen-bond acceptors (Lipinski definition) is 6. The van der Waals surface area contributed by atoms with Crippen LogP contribution < -0.4 is 9.47 Å². The minimum atomic E-state index is -0.501. The molecule has 32 heavy (non-hydrogen) atoms. The first-order chi connectivity index (χ1) is 15.6. The Morgan fingerprint density at radius 2 is 1.03 bits per heavy atom. The first-order valence-corrected chi connectivity index (χ1v) is 13.7. The zero-order chi connectivity index (χ0) is 23.6. The number of rotatable bonds is 18. The quantitative estimate of drug-likeness (QED) is 0.109. The van der Waals surface area contributed by atoms with Gasteiger partial charge < -0.3 is 18.9 Å². The maximum atomic E-state index is 12.6. The molecule has 0 N–H and O–H groups in total. The maximum Gasteiger partial charge on any atom is 0.342 e. The Bertz CT molecular complexity index is 623. The summed E-state index contributed by atoms with van der Waals surface area (Å²) < 4.78 is 22.2. The van der Waals surface area contributed by atoms with Crippen molar-refractivity contribution < 1.29 is 28.5 Å². The van der Waals surface area contributed by atoms with Crippen molar-refractivity contribution in [3.8, 4) is 11.5 Å². The third kappa shape index (κ3) is 11.0. The molecule has 1 rings (SSSR count). The Hall–Kier alpha value is -1.28. The molecule has 6 nitrogen and oxygen atoms in total. The van der Waals surface area contributed by atoms with Crippen molar-refractivity contribution in [3.05, 3.63) is 23.3 Å². The van der Waals surface area contributed by atoms with Gasteiger partial charge in [0.05, 0.1) is 26.4 Å². The third-order valence-corrected chi connectivity index (χ3v) is 5.77. The zero-order valence-electron chi connectivity index (χ0n) is 19.3. The molecular weight excluding hydrogens is 544 g/mol. The smallest absolute Gasteiger partial charge is 0.342 e. The molecule has 0 aliphatic carbocycles. The monoisotopic (exact) mass is 578 g/mol. The van der Waals surface area contributed by atoms with Gasteiger partial charge in [0.1, 0.15) is 22.6 Å². The number of carbonyl (C=O) groups is 2. The zero-order valence-corrected chi connectivity index (χ0v) is 22.4. The van der Waals surface area contributed by atoms with E-state index in [-0.39, 0.29) is 24.3 Å². The first kappa shape index (κ1) is 28.8. The summed E-state index contributed by atoms with van der Waals surface area (Å²) in [4.78, 5) is 25.1. The molecule has 1 aromatic carbocycles. The van der Waals surface area contributed by atoms with E-state index in [1.54, 1.807) is 26.0 Å². The number of hydrogen-bond donors (Lipinski definition) is 0. The van der Waals surface area contributed by atoms with Crippen molar-refractivity contribution in [3.63, 3.8) is 0 Å². The fourth-order valence-corrected chi connectivity index (χ4v) is 3.79. The molecule has 0 aliphatic rings. The van der Waals surface area contributed by atoms with Crippen molar-refractivity contribution in [1.82, 2.24) is 0 Å². The molecule has 0 bridgehead atoms. The molecule has 0 atom stereocenters. The van der Waals surface area contributed by atoms with Gasteiger partial charge >= 0.3 is 11.9 Å². The molecule has 1 aromatic rings. The first-order valence-electron chi connectivity index (χ1n) is 11.5. The summed E-state index contributed by atoms with van der Waals surface area (Å²) in [7, 11) is 0. The SMILES string of the molecule is CCOC(=O)c1cc(OCCCCCCBr)c(C(=O)OCC)cc1OCCCCCCBr. The van der Waals surface area contributed by atoms with Crippen LogP contribution in [0, 0.1) is 0 Å². The summed E-state index contributed by atoms with van der Waals surface area (Å²) >= 11 is 6.86. The highest BCUT2D eigenvalue weighted by molar-refractivity contribution is 9.09. The van der Waals surface area contributed by atoms with Crippen molar-refractivity contribution in [2.45, 2.75) is 65.2 Å². The fourth-order valence-electron chi connectivity index (χ4n) is 3.00. The van der Waals surface area contributed by atoms with E-state index >= 15 is 0 Å². The number of esters is 2. The topological polar surface area (TPSA) is 71.1 Å². The van der Waals surface area contributed by atoms with Gasteiger partial charge in [-0.1, -0.05) is 57.5 Å². The lowest BCUT2D eigenvalue weighted by Crippen LogP contribution is -2.14. The highest BCUT2D eigenvalue weighted by atomic mass is 79.9. The van der Waals surface area contributed by atoms with E-state index in [4.69, 9.17) is 18.9 Å². The molecule has 0 saturated heterocycles. The molecule has 0 spiro atoms. The van der Waals surface area contributed by atoms with Gasteiger partial charge in [0, 0.05) is 10.7 Å². The van der Waals surface area contributed by atoms with Crippen LogP contribution in [0.1, 0.15) is 85.9 Å². The van der Waals surface area contributed by atoms with E-state index in [1.807, 2.05) is 0 Å². The average Bonchev–Trinajstić information content (AvgIpc) is 2.78. The van der Waals surface area contributed by atoms with Crippen LogP contribution >= 0.6 is 31.9 Å². The fraction of sp³-hybridized carbons (Fsp3) is 0.667. The number of carbonyl (C=O) groups excluding carboxylic acids is 2. The molecule has 0 amide bonds. The summed E-state index contributed by atoms with van der Waals surface area (Å²) in [6, 6.07) is 3.09. The van der Waals surface area contributed by atoms with Gasteiger partial charge in [-0.3, -0.25) is 0 Å². The molecule has 182 valence electrons. The van der Waals surface area contributed by atoms with Crippen LogP contribution in [0.5, 0.6) is 11.5 Å². The van der Waals surface area contributed by atoms with Gasteiger partial charge in [-0.15, -0.1) is 0 Å². The predicted octanol–water partition coefficient (Wildman–Crippen LogP) is 6.71. The number of benzene rings is 1. The van der Waals surface area contributed by atoms with E-state index in [0.29, 0.717) is 24.7 Å². The maximum absolute atomic E-state index is 12.6. The standard InChI is InChI=1S/C24H36Br2O6/c1-3-29-23(27)19-17-22(32-16-12-8-6-10-14-26)20(24(28)30-4-2)18-21(19)31-15-11-7-5-9-13-25/h17-18H,3-16H2,1-2H3. The second-order valence-corrected chi connectivity index (χ2v) is 8.77. The summed E-state index contributed by atoms with van der Waals surface area (Å²) in [5.41, 5.74) is 0.518. The number of halogens is 2. The second-order valence-electron chi connectivity index (χ2n) is 7.19. The van der Waals surface area contributed by atoms with Crippen molar-refractivity contribution >= 4 is 43.8 Å². The van der Waals surface area contributed by atoms with Crippen molar-refractivity contribution in [2.75, 3.05) is 37.1 Å². The molecule has 0 aliphatic heterocycles. The number of ether oxygens (including phenoxy) is 4. The molecular formula is C24H36Br2O6. The Morgan fingerprint density at radius 1 is 0.656 bits per heavy atom. The van der Waals surface area contributed by atoms with E-state index in [1.165, 1.54) is 0 Å². The highest BCUT2D eigenvalue weighted by Crippen LogP contribution is 2.31. The van der Waals surface area contributed by atoms with Gasteiger partial charge in [-0.2, -0.15) is 0 Å². The number of unbranched alkanes of at least 4 members (excludes halogenated alkanes) is 6. The molecule has 0 unspecified atom stereocenters. The summed E-state index contributed by atoms with van der Waals surface area (Å²) in [6.07, 6.45) is 8.22. The Balaban J connectivity index is 3.02. The number of alkyl halides is 2. The van der Waals surface area contributed by atoms with Crippen molar-refractivity contribution in [2.24, 2.45) is 0 Å². The Labute approximate surface area is 209 Å². The van der Waals surface area contributed by atoms with Crippen LogP contribution in [0.2, 0.25) is 0 Å². The molecule has 8 heteroatoms. The lowest BCUT2D eigenvalue weighted by atomic mass is 10.1. The third-order valence-electron chi connectivity index (χ3n) is 4.64. The van der Waals surface area contributed by atoms with E-state index in [0.717, 1.165) is 62.0 Å². The molecule has 0 heterocycles. The Kier molecular flexibility index (Phi) is 16.3. The Morgan fingerprint density at radius 3 is 1.38 bits per heavy atom. The lowest BCUT2D eigenvalue weighted by molar-refractivity contribution is 0.0503. The lowest BCUT2D eigenvalue weighted by Gasteiger charge is -2.16. The summed E-state index contributed by atoms with van der Waals surface area (Å²) in [5.74, 6) is -0.368. The van der Waals surface area contributed by atoms with Gasteiger partial charge in [0.15, 0.2) is 0 Å². The average molecular weight is 580 g/mol. The molecule has 0 radical (unpaired) electrons. The minimum absolute atomic E-state index is 0.244. The largest absolute Gasteiger partial charge is 0.493 e.